The Morgan fingerprint density at radius 3 is 2.92 bits per heavy atom. The quantitative estimate of drug-likeness (QED) is 0.545. The summed E-state index contributed by atoms with van der Waals surface area (Å²) in [5, 5.41) is 2.68. The van der Waals surface area contributed by atoms with Crippen LogP contribution in [0.15, 0.2) is 35.1 Å². The SMILES string of the molecule is CCCc1cnc(C2CCCCN2Oc2nc3ccc(Br)cc3s2)nc1. The van der Waals surface area contributed by atoms with Crippen LogP contribution < -0.4 is 4.84 Å². The number of hydrogen-bond donors (Lipinski definition) is 0. The minimum absolute atomic E-state index is 0.0816. The number of fused-ring (bicyclic) bond motifs is 1. The van der Waals surface area contributed by atoms with Crippen molar-refractivity contribution < 1.29 is 4.84 Å². The van der Waals surface area contributed by atoms with Gasteiger partial charge in [-0.2, -0.15) is 0 Å². The van der Waals surface area contributed by atoms with Crippen LogP contribution in [0.25, 0.3) is 10.2 Å². The minimum Gasteiger partial charge on any atom is -0.373 e. The number of hydroxylamine groups is 2. The highest BCUT2D eigenvalue weighted by Gasteiger charge is 2.29. The first-order valence-corrected chi connectivity index (χ1v) is 10.7. The topological polar surface area (TPSA) is 51.1 Å². The van der Waals surface area contributed by atoms with Crippen molar-refractivity contribution in [1.29, 1.82) is 0 Å². The molecule has 3 heterocycles. The third-order valence-corrected chi connectivity index (χ3v) is 5.92. The van der Waals surface area contributed by atoms with Crippen molar-refractivity contribution >= 4 is 37.5 Å². The molecule has 1 aliphatic rings. The summed E-state index contributed by atoms with van der Waals surface area (Å²) in [4.78, 5) is 20.0. The van der Waals surface area contributed by atoms with Gasteiger partial charge in [-0.25, -0.2) is 15.0 Å². The molecule has 1 fully saturated rings. The van der Waals surface area contributed by atoms with Crippen LogP contribution in [0.5, 0.6) is 5.19 Å². The second kappa shape index (κ2) is 7.98. The highest BCUT2D eigenvalue weighted by atomic mass is 79.9. The summed E-state index contributed by atoms with van der Waals surface area (Å²) >= 11 is 5.07. The van der Waals surface area contributed by atoms with Gasteiger partial charge in [-0.05, 0) is 49.4 Å². The number of nitrogens with zero attached hydrogens (tertiary/aromatic N) is 4. The third-order valence-electron chi connectivity index (χ3n) is 4.54. The fraction of sp³-hybridized carbons (Fsp3) is 0.421. The van der Waals surface area contributed by atoms with E-state index in [9.17, 15) is 0 Å². The molecular formula is C19H21BrN4OS. The van der Waals surface area contributed by atoms with E-state index in [0.29, 0.717) is 5.19 Å². The van der Waals surface area contributed by atoms with E-state index in [1.165, 1.54) is 5.56 Å². The molecule has 4 rings (SSSR count). The van der Waals surface area contributed by atoms with Crippen LogP contribution in [-0.2, 0) is 6.42 Å². The summed E-state index contributed by atoms with van der Waals surface area (Å²) in [5.41, 5.74) is 2.15. The summed E-state index contributed by atoms with van der Waals surface area (Å²) in [7, 11) is 0. The molecule has 0 bridgehead atoms. The molecule has 1 unspecified atom stereocenters. The number of aromatic nitrogens is 3. The Hall–Kier alpha value is -1.57. The molecule has 1 aromatic carbocycles. The van der Waals surface area contributed by atoms with Crippen LogP contribution in [-0.4, -0.2) is 26.6 Å². The van der Waals surface area contributed by atoms with Crippen LogP contribution in [0.2, 0.25) is 0 Å². The fourth-order valence-electron chi connectivity index (χ4n) is 3.24. The Labute approximate surface area is 165 Å². The van der Waals surface area contributed by atoms with Crippen LogP contribution in [0.3, 0.4) is 0 Å². The number of benzene rings is 1. The number of hydrogen-bond acceptors (Lipinski definition) is 6. The third kappa shape index (κ3) is 3.89. The van der Waals surface area contributed by atoms with Crippen molar-refractivity contribution in [1.82, 2.24) is 20.0 Å². The van der Waals surface area contributed by atoms with E-state index < -0.39 is 0 Å². The molecule has 0 N–H and O–H groups in total. The lowest BCUT2D eigenvalue weighted by Crippen LogP contribution is -2.37. The van der Waals surface area contributed by atoms with Gasteiger partial charge in [0.15, 0.2) is 0 Å². The first-order chi connectivity index (χ1) is 12.7. The molecule has 0 saturated carbocycles. The van der Waals surface area contributed by atoms with Crippen LogP contribution in [0.1, 0.15) is 50.0 Å². The molecule has 0 spiro atoms. The molecule has 2 aromatic heterocycles. The molecule has 3 aromatic rings. The maximum Gasteiger partial charge on any atom is 0.295 e. The Bertz CT molecular complexity index is 883. The monoisotopic (exact) mass is 432 g/mol. The average Bonchev–Trinajstić information content (AvgIpc) is 3.04. The molecule has 1 saturated heterocycles. The van der Waals surface area contributed by atoms with E-state index in [1.807, 2.05) is 29.6 Å². The summed E-state index contributed by atoms with van der Waals surface area (Å²) in [6, 6.07) is 6.16. The van der Waals surface area contributed by atoms with E-state index >= 15 is 0 Å². The molecule has 0 amide bonds. The number of thiazole rings is 1. The number of rotatable bonds is 5. The van der Waals surface area contributed by atoms with Crippen molar-refractivity contribution in [3.63, 3.8) is 0 Å². The maximum atomic E-state index is 6.17. The van der Waals surface area contributed by atoms with Crippen molar-refractivity contribution in [2.45, 2.75) is 45.1 Å². The smallest absolute Gasteiger partial charge is 0.295 e. The van der Waals surface area contributed by atoms with E-state index in [0.717, 1.165) is 59.2 Å². The standard InChI is InChI=1S/C19H21BrN4OS/c1-2-5-13-11-21-18(22-12-13)16-6-3-4-9-24(16)25-19-23-15-8-7-14(20)10-17(15)26-19/h7-8,10-12,16H,2-6,9H2,1H3. The van der Waals surface area contributed by atoms with Crippen molar-refractivity contribution in [2.75, 3.05) is 6.54 Å². The molecule has 26 heavy (non-hydrogen) atoms. The van der Waals surface area contributed by atoms with Gasteiger partial charge in [0, 0.05) is 23.4 Å². The number of halogens is 1. The van der Waals surface area contributed by atoms with Crippen LogP contribution in [0.4, 0.5) is 0 Å². The first kappa shape index (κ1) is 17.8. The maximum absolute atomic E-state index is 6.17. The molecule has 5 nitrogen and oxygen atoms in total. The predicted octanol–water partition coefficient (Wildman–Crippen LogP) is 5.32. The van der Waals surface area contributed by atoms with E-state index in [-0.39, 0.29) is 6.04 Å². The summed E-state index contributed by atoms with van der Waals surface area (Å²) in [6.45, 7) is 3.03. The zero-order valence-corrected chi connectivity index (χ0v) is 17.1. The van der Waals surface area contributed by atoms with Gasteiger partial charge in [-0.3, -0.25) is 0 Å². The lowest BCUT2D eigenvalue weighted by atomic mass is 10.0. The van der Waals surface area contributed by atoms with E-state index in [2.05, 4.69) is 43.9 Å². The lowest BCUT2D eigenvalue weighted by Gasteiger charge is -2.32. The zero-order chi connectivity index (χ0) is 17.9. The molecular weight excluding hydrogens is 412 g/mol. The van der Waals surface area contributed by atoms with Gasteiger partial charge in [0.1, 0.15) is 11.9 Å². The molecule has 7 heteroatoms. The average molecular weight is 433 g/mol. The molecule has 1 atom stereocenters. The highest BCUT2D eigenvalue weighted by Crippen LogP contribution is 2.34. The van der Waals surface area contributed by atoms with Crippen LogP contribution >= 0.6 is 27.3 Å². The van der Waals surface area contributed by atoms with Gasteiger partial charge < -0.3 is 4.84 Å². The highest BCUT2D eigenvalue weighted by molar-refractivity contribution is 9.10. The molecule has 0 radical (unpaired) electrons. The van der Waals surface area contributed by atoms with E-state index in [1.54, 1.807) is 11.3 Å². The second-order valence-electron chi connectivity index (χ2n) is 6.53. The predicted molar refractivity (Wildman–Crippen MR) is 107 cm³/mol. The van der Waals surface area contributed by atoms with Gasteiger partial charge in [0.05, 0.1) is 10.2 Å². The van der Waals surface area contributed by atoms with Gasteiger partial charge in [0.25, 0.3) is 5.19 Å². The Morgan fingerprint density at radius 2 is 2.12 bits per heavy atom. The summed E-state index contributed by atoms with van der Waals surface area (Å²) in [5.74, 6) is 0.841. The zero-order valence-electron chi connectivity index (χ0n) is 14.7. The first-order valence-electron chi connectivity index (χ1n) is 9.04. The summed E-state index contributed by atoms with van der Waals surface area (Å²) < 4.78 is 2.17. The van der Waals surface area contributed by atoms with Crippen molar-refractivity contribution in [3.8, 4) is 5.19 Å². The van der Waals surface area contributed by atoms with Gasteiger partial charge in [-0.15, -0.1) is 5.06 Å². The van der Waals surface area contributed by atoms with E-state index in [4.69, 9.17) is 4.84 Å². The minimum atomic E-state index is 0.0816. The molecule has 0 aliphatic carbocycles. The Kier molecular flexibility index (Phi) is 5.47. The van der Waals surface area contributed by atoms with Crippen LogP contribution in [0, 0.1) is 0 Å². The Balaban J connectivity index is 1.54. The largest absolute Gasteiger partial charge is 0.373 e. The lowest BCUT2D eigenvalue weighted by molar-refractivity contribution is -0.116. The molecule has 136 valence electrons. The number of aryl methyl sites for hydroxylation is 1. The normalized spacial score (nSPS) is 18.3. The fourth-order valence-corrected chi connectivity index (χ4v) is 4.63. The second-order valence-corrected chi connectivity index (χ2v) is 8.44. The molecule has 1 aliphatic heterocycles. The Morgan fingerprint density at radius 1 is 1.27 bits per heavy atom. The number of piperidine rings is 1. The van der Waals surface area contributed by atoms with Crippen molar-refractivity contribution in [3.05, 3.63) is 46.5 Å². The van der Waals surface area contributed by atoms with Gasteiger partial charge >= 0.3 is 0 Å². The van der Waals surface area contributed by atoms with Gasteiger partial charge in [0.2, 0.25) is 0 Å². The summed E-state index contributed by atoms with van der Waals surface area (Å²) in [6.07, 6.45) is 9.31. The van der Waals surface area contributed by atoms with Crippen molar-refractivity contribution in [2.24, 2.45) is 0 Å². The van der Waals surface area contributed by atoms with Gasteiger partial charge in [-0.1, -0.05) is 40.6 Å².